The third-order valence-corrected chi connectivity index (χ3v) is 7.40. The molecule has 0 bridgehead atoms. The average molecular weight is 588 g/mol. The van der Waals surface area contributed by atoms with Gasteiger partial charge < -0.3 is 30.2 Å². The Bertz CT molecular complexity index is 1960. The molecular weight excluding hydrogens is 554 g/mol. The van der Waals surface area contributed by atoms with Crippen molar-refractivity contribution in [1.82, 2.24) is 24.8 Å². The van der Waals surface area contributed by atoms with Crippen LogP contribution in [0.1, 0.15) is 38.2 Å². The van der Waals surface area contributed by atoms with Crippen molar-refractivity contribution in [2.75, 3.05) is 26.0 Å². The standard InChI is InChI=1S/C34H33N7O3/c1-40(2)20-23-10-12-28-25(16-23)19-37-31(38-28)30-26-11-9-22(17-29(26)39-33(30)43)6-4-14-36-32(42)27-8-5-15-41(34(27)44)21-24-7-3-13-35-18-24/h3-13,15-18,39,43H,14,19-21H2,1-2H3,(H,36,42)(H,37,38). The van der Waals surface area contributed by atoms with Gasteiger partial charge in [-0.15, -0.1) is 0 Å². The molecule has 0 radical (unpaired) electrons. The van der Waals surface area contributed by atoms with Gasteiger partial charge in [-0.2, -0.15) is 0 Å². The van der Waals surface area contributed by atoms with Gasteiger partial charge in [0.1, 0.15) is 11.4 Å². The Balaban J connectivity index is 1.11. The number of nitrogens with one attached hydrogen (secondary N) is 3. The van der Waals surface area contributed by atoms with E-state index in [0.29, 0.717) is 24.5 Å². The number of benzene rings is 2. The highest BCUT2D eigenvalue weighted by atomic mass is 16.3. The van der Waals surface area contributed by atoms with Crippen molar-refractivity contribution in [3.05, 3.63) is 129 Å². The number of aromatic nitrogens is 3. The number of carbonyl (C=O) groups excluding carboxylic acids is 1. The van der Waals surface area contributed by atoms with Gasteiger partial charge in [0.05, 0.1) is 18.7 Å². The molecule has 5 aromatic rings. The summed E-state index contributed by atoms with van der Waals surface area (Å²) in [5.41, 5.74) is 6.20. The quantitative estimate of drug-likeness (QED) is 0.203. The van der Waals surface area contributed by atoms with Crippen LogP contribution in [0.25, 0.3) is 17.0 Å². The minimum Gasteiger partial charge on any atom is -0.494 e. The van der Waals surface area contributed by atoms with E-state index in [2.05, 4.69) is 43.7 Å². The van der Waals surface area contributed by atoms with E-state index < -0.39 is 5.91 Å². The summed E-state index contributed by atoms with van der Waals surface area (Å²) in [5.74, 6) is 0.225. The van der Waals surface area contributed by atoms with Crippen molar-refractivity contribution in [3.63, 3.8) is 0 Å². The summed E-state index contributed by atoms with van der Waals surface area (Å²) in [5, 5.41) is 17.8. The number of hydrogen-bond acceptors (Lipinski definition) is 7. The normalized spacial score (nSPS) is 12.8. The van der Waals surface area contributed by atoms with Gasteiger partial charge in [0.15, 0.2) is 0 Å². The number of amides is 1. The molecule has 4 heterocycles. The molecule has 10 heteroatoms. The lowest BCUT2D eigenvalue weighted by Gasteiger charge is -2.20. The summed E-state index contributed by atoms with van der Waals surface area (Å²) in [6.07, 6.45) is 8.71. The largest absolute Gasteiger partial charge is 0.494 e. The Morgan fingerprint density at radius 3 is 2.82 bits per heavy atom. The van der Waals surface area contributed by atoms with Crippen molar-refractivity contribution in [2.24, 2.45) is 4.99 Å². The van der Waals surface area contributed by atoms with E-state index >= 15 is 0 Å². The summed E-state index contributed by atoms with van der Waals surface area (Å²) >= 11 is 0. The van der Waals surface area contributed by atoms with Gasteiger partial charge >= 0.3 is 0 Å². The van der Waals surface area contributed by atoms with Crippen LogP contribution in [0, 0.1) is 0 Å². The highest BCUT2D eigenvalue weighted by molar-refractivity contribution is 6.18. The summed E-state index contributed by atoms with van der Waals surface area (Å²) < 4.78 is 1.49. The zero-order chi connectivity index (χ0) is 30.6. The summed E-state index contributed by atoms with van der Waals surface area (Å²) in [6, 6.07) is 19.0. The minimum atomic E-state index is -0.439. The van der Waals surface area contributed by atoms with Gasteiger partial charge in [-0.05, 0) is 66.7 Å². The number of amidine groups is 1. The fraction of sp³-hybridized carbons (Fsp3) is 0.176. The molecule has 0 unspecified atom stereocenters. The van der Waals surface area contributed by atoms with Gasteiger partial charge in [-0.1, -0.05) is 42.5 Å². The highest BCUT2D eigenvalue weighted by Gasteiger charge is 2.21. The van der Waals surface area contributed by atoms with E-state index in [-0.39, 0.29) is 23.5 Å². The molecule has 0 atom stereocenters. The van der Waals surface area contributed by atoms with Gasteiger partial charge in [0.25, 0.3) is 11.5 Å². The maximum atomic E-state index is 12.9. The number of aliphatic imine (C=N–C) groups is 1. The first-order chi connectivity index (χ1) is 21.4. The van der Waals surface area contributed by atoms with E-state index in [1.807, 2.05) is 56.6 Å². The van der Waals surface area contributed by atoms with Crippen LogP contribution in [0.2, 0.25) is 0 Å². The van der Waals surface area contributed by atoms with Gasteiger partial charge in [0.2, 0.25) is 5.88 Å². The van der Waals surface area contributed by atoms with Crippen LogP contribution < -0.4 is 16.2 Å². The SMILES string of the molecule is CN(C)Cc1ccc2c(c1)CN=C(c1c(O)[nH]c3cc(C=CCNC(=O)c4cccn(Cc5cccnc5)c4=O)ccc13)N2. The van der Waals surface area contributed by atoms with E-state index in [9.17, 15) is 14.7 Å². The first-order valence-electron chi connectivity index (χ1n) is 14.3. The Morgan fingerprint density at radius 2 is 2.00 bits per heavy atom. The zero-order valence-electron chi connectivity index (χ0n) is 24.5. The zero-order valence-corrected chi connectivity index (χ0v) is 24.5. The first kappa shape index (κ1) is 28.6. The Kier molecular flexibility index (Phi) is 8.07. The fourth-order valence-electron chi connectivity index (χ4n) is 5.34. The van der Waals surface area contributed by atoms with Gasteiger partial charge in [0, 0.05) is 48.3 Å². The number of nitrogens with zero attached hydrogens (tertiary/aromatic N) is 4. The molecule has 10 nitrogen and oxygen atoms in total. The second-order valence-corrected chi connectivity index (χ2v) is 11.0. The molecule has 4 N–H and O–H groups in total. The summed E-state index contributed by atoms with van der Waals surface area (Å²) in [7, 11) is 4.09. The van der Waals surface area contributed by atoms with Gasteiger partial charge in [-0.3, -0.25) is 19.6 Å². The average Bonchev–Trinajstić information content (AvgIpc) is 3.35. The van der Waals surface area contributed by atoms with Crippen molar-refractivity contribution >= 4 is 34.4 Å². The van der Waals surface area contributed by atoms with E-state index in [1.165, 1.54) is 16.2 Å². The van der Waals surface area contributed by atoms with E-state index in [0.717, 1.165) is 39.8 Å². The predicted octanol–water partition coefficient (Wildman–Crippen LogP) is 4.36. The maximum absolute atomic E-state index is 12.9. The minimum absolute atomic E-state index is 0.0457. The molecule has 1 aliphatic rings. The van der Waals surface area contributed by atoms with Crippen molar-refractivity contribution in [2.45, 2.75) is 19.6 Å². The van der Waals surface area contributed by atoms with E-state index in [4.69, 9.17) is 4.99 Å². The van der Waals surface area contributed by atoms with Crippen LogP contribution >= 0.6 is 0 Å². The molecule has 44 heavy (non-hydrogen) atoms. The Hall–Kier alpha value is -5.48. The van der Waals surface area contributed by atoms with Crippen molar-refractivity contribution in [1.29, 1.82) is 0 Å². The molecule has 0 aliphatic carbocycles. The van der Waals surface area contributed by atoms with Crippen LogP contribution in [0.15, 0.2) is 95.1 Å². The summed E-state index contributed by atoms with van der Waals surface area (Å²) in [6.45, 7) is 1.96. The van der Waals surface area contributed by atoms with Crippen LogP contribution in [-0.2, 0) is 19.6 Å². The second-order valence-electron chi connectivity index (χ2n) is 11.0. The lowest BCUT2D eigenvalue weighted by molar-refractivity contribution is 0.0956. The van der Waals surface area contributed by atoms with Crippen LogP contribution in [0.3, 0.4) is 0 Å². The number of H-pyrrole nitrogens is 1. The number of rotatable bonds is 9. The molecule has 0 spiro atoms. The molecule has 0 saturated carbocycles. The first-order valence-corrected chi connectivity index (χ1v) is 14.3. The second kappa shape index (κ2) is 12.4. The van der Waals surface area contributed by atoms with Crippen LogP contribution in [-0.4, -0.2) is 56.9 Å². The molecule has 0 fully saturated rings. The number of pyridine rings is 2. The number of aromatic hydroxyl groups is 1. The third kappa shape index (κ3) is 6.16. The molecule has 3 aromatic heterocycles. The van der Waals surface area contributed by atoms with Crippen LogP contribution in [0.5, 0.6) is 5.88 Å². The molecule has 6 rings (SSSR count). The van der Waals surface area contributed by atoms with Crippen molar-refractivity contribution < 1.29 is 9.90 Å². The lowest BCUT2D eigenvalue weighted by atomic mass is 10.0. The number of aromatic amines is 1. The molecule has 0 saturated heterocycles. The Labute approximate surface area is 254 Å². The predicted molar refractivity (Wildman–Crippen MR) is 173 cm³/mol. The highest BCUT2D eigenvalue weighted by Crippen LogP contribution is 2.32. The van der Waals surface area contributed by atoms with Crippen molar-refractivity contribution in [3.8, 4) is 5.88 Å². The molecular formula is C34H33N7O3. The van der Waals surface area contributed by atoms with E-state index in [1.54, 1.807) is 24.7 Å². The molecule has 222 valence electrons. The maximum Gasteiger partial charge on any atom is 0.263 e. The van der Waals surface area contributed by atoms with Gasteiger partial charge in [-0.25, -0.2) is 0 Å². The molecule has 1 amide bonds. The Morgan fingerprint density at radius 1 is 1.11 bits per heavy atom. The molecule has 1 aliphatic heterocycles. The third-order valence-electron chi connectivity index (χ3n) is 7.40. The number of hydrogen-bond donors (Lipinski definition) is 4. The van der Waals surface area contributed by atoms with Crippen LogP contribution in [0.4, 0.5) is 5.69 Å². The molecule has 2 aromatic carbocycles. The fourth-order valence-corrected chi connectivity index (χ4v) is 5.34. The topological polar surface area (TPSA) is 128 Å². The monoisotopic (exact) mass is 587 g/mol. The lowest BCUT2D eigenvalue weighted by Crippen LogP contribution is -2.33. The number of fused-ring (bicyclic) bond motifs is 2. The smallest absolute Gasteiger partial charge is 0.263 e. The number of anilines is 1. The number of carbonyl (C=O) groups is 1. The summed E-state index contributed by atoms with van der Waals surface area (Å²) in [4.78, 5) is 39.6.